The summed E-state index contributed by atoms with van der Waals surface area (Å²) in [5.41, 5.74) is 4.70. The van der Waals surface area contributed by atoms with Gasteiger partial charge in [0.25, 0.3) is 6.01 Å². The number of nitrogens with zero attached hydrogens (tertiary/aromatic N) is 4. The summed E-state index contributed by atoms with van der Waals surface area (Å²) in [7, 11) is 1.70. The second kappa shape index (κ2) is 11.6. The van der Waals surface area contributed by atoms with Crippen LogP contribution in [-0.4, -0.2) is 62.9 Å². The number of morpholine rings is 1. The molecule has 2 saturated heterocycles. The number of ether oxygens (including phenoxy) is 2. The van der Waals surface area contributed by atoms with Crippen LogP contribution in [0.1, 0.15) is 29.7 Å². The van der Waals surface area contributed by atoms with E-state index in [0.717, 1.165) is 75.9 Å². The summed E-state index contributed by atoms with van der Waals surface area (Å²) in [6.07, 6.45) is 5.26. The molecule has 0 unspecified atom stereocenters. The summed E-state index contributed by atoms with van der Waals surface area (Å²) in [4.78, 5) is 12.0. The maximum atomic E-state index is 6.00. The molecule has 5 rings (SSSR count). The summed E-state index contributed by atoms with van der Waals surface area (Å²) in [5.74, 6) is 0.857. The maximum Gasteiger partial charge on any atom is 0.298 e. The lowest BCUT2D eigenvalue weighted by Gasteiger charge is -2.26. The number of oxazole rings is 1. The Morgan fingerprint density at radius 2 is 1.71 bits per heavy atom. The van der Waals surface area contributed by atoms with Crippen LogP contribution in [0.2, 0.25) is 0 Å². The quantitative estimate of drug-likeness (QED) is 0.431. The summed E-state index contributed by atoms with van der Waals surface area (Å²) < 4.78 is 16.9. The van der Waals surface area contributed by atoms with Gasteiger partial charge in [-0.3, -0.25) is 4.90 Å². The van der Waals surface area contributed by atoms with Gasteiger partial charge in [0.05, 0.1) is 26.0 Å². The van der Waals surface area contributed by atoms with E-state index in [1.54, 1.807) is 7.11 Å². The molecule has 0 aliphatic carbocycles. The van der Waals surface area contributed by atoms with Gasteiger partial charge in [-0.05, 0) is 48.2 Å². The number of hydrogen-bond donors (Lipinski definition) is 0. The lowest BCUT2D eigenvalue weighted by Crippen LogP contribution is -2.37. The van der Waals surface area contributed by atoms with Crippen molar-refractivity contribution in [3.63, 3.8) is 0 Å². The number of anilines is 2. The lowest BCUT2D eigenvalue weighted by molar-refractivity contribution is 0.0383. The van der Waals surface area contributed by atoms with Gasteiger partial charge in [-0.1, -0.05) is 24.3 Å². The largest absolute Gasteiger partial charge is 0.497 e. The molecule has 0 amide bonds. The molecule has 2 aliphatic heterocycles. The third kappa shape index (κ3) is 6.35. The molecule has 2 aromatic carbocycles. The van der Waals surface area contributed by atoms with Crippen molar-refractivity contribution >= 4 is 11.7 Å². The zero-order chi connectivity index (χ0) is 23.9. The fraction of sp³-hybridized carbons (Fsp3) is 0.464. The molecule has 3 aromatic rings. The van der Waals surface area contributed by atoms with Crippen molar-refractivity contribution in [1.29, 1.82) is 0 Å². The van der Waals surface area contributed by atoms with Gasteiger partial charge in [0.1, 0.15) is 12.0 Å². The smallest absolute Gasteiger partial charge is 0.298 e. The molecule has 35 heavy (non-hydrogen) atoms. The van der Waals surface area contributed by atoms with Crippen LogP contribution >= 0.6 is 0 Å². The molecule has 7 nitrogen and oxygen atoms in total. The maximum absolute atomic E-state index is 6.00. The van der Waals surface area contributed by atoms with E-state index in [4.69, 9.17) is 18.9 Å². The van der Waals surface area contributed by atoms with Crippen molar-refractivity contribution in [1.82, 2.24) is 9.88 Å². The van der Waals surface area contributed by atoms with Crippen LogP contribution in [0, 0.1) is 0 Å². The summed E-state index contributed by atoms with van der Waals surface area (Å²) in [6, 6.07) is 17.8. The van der Waals surface area contributed by atoms with Crippen LogP contribution < -0.4 is 14.5 Å². The fourth-order valence-corrected chi connectivity index (χ4v) is 4.84. The Kier molecular flexibility index (Phi) is 7.85. The average Bonchev–Trinajstić information content (AvgIpc) is 3.61. The zero-order valence-electron chi connectivity index (χ0n) is 20.7. The van der Waals surface area contributed by atoms with Crippen molar-refractivity contribution in [3.8, 4) is 5.75 Å². The SMILES string of the molecule is COc1cccc(CN(Cc2ccc(N3CCCC3)cc2)c2nc(CCN3CCOCC3)co2)c1. The molecule has 0 atom stereocenters. The van der Waals surface area contributed by atoms with Gasteiger partial charge in [0.15, 0.2) is 0 Å². The van der Waals surface area contributed by atoms with Gasteiger partial charge in [0.2, 0.25) is 0 Å². The molecule has 0 spiro atoms. The molecule has 0 bridgehead atoms. The monoisotopic (exact) mass is 476 g/mol. The highest BCUT2D eigenvalue weighted by molar-refractivity contribution is 5.49. The van der Waals surface area contributed by atoms with Crippen molar-refractivity contribution in [3.05, 3.63) is 71.6 Å². The first kappa shape index (κ1) is 23.7. The minimum Gasteiger partial charge on any atom is -0.497 e. The number of aromatic nitrogens is 1. The minimum absolute atomic E-state index is 0.661. The fourth-order valence-electron chi connectivity index (χ4n) is 4.84. The predicted octanol–water partition coefficient (Wildman–Crippen LogP) is 4.36. The van der Waals surface area contributed by atoms with E-state index in [-0.39, 0.29) is 0 Å². The van der Waals surface area contributed by atoms with Gasteiger partial charge in [0, 0.05) is 57.9 Å². The molecular formula is C28H36N4O3. The second-order valence-corrected chi connectivity index (χ2v) is 9.39. The van der Waals surface area contributed by atoms with Gasteiger partial charge in [-0.15, -0.1) is 0 Å². The number of rotatable bonds is 10. The molecule has 2 fully saturated rings. The van der Waals surface area contributed by atoms with Gasteiger partial charge < -0.3 is 23.7 Å². The Morgan fingerprint density at radius 1 is 0.943 bits per heavy atom. The highest BCUT2D eigenvalue weighted by Crippen LogP contribution is 2.25. The average molecular weight is 477 g/mol. The molecule has 0 N–H and O–H groups in total. The van der Waals surface area contributed by atoms with Crippen LogP contribution in [-0.2, 0) is 24.2 Å². The van der Waals surface area contributed by atoms with Crippen molar-refractivity contribution in [2.45, 2.75) is 32.4 Å². The van der Waals surface area contributed by atoms with Gasteiger partial charge in [-0.25, -0.2) is 0 Å². The predicted molar refractivity (Wildman–Crippen MR) is 138 cm³/mol. The number of benzene rings is 2. The molecule has 1 aromatic heterocycles. The van der Waals surface area contributed by atoms with Crippen molar-refractivity contribution in [2.24, 2.45) is 0 Å². The van der Waals surface area contributed by atoms with E-state index in [0.29, 0.717) is 12.6 Å². The van der Waals surface area contributed by atoms with Gasteiger partial charge >= 0.3 is 0 Å². The standard InChI is InChI=1S/C28H36N4O3/c1-33-27-6-4-5-24(19-27)21-32(20-23-7-9-26(10-8-23)31-12-2-3-13-31)28-29-25(22-35-28)11-14-30-15-17-34-18-16-30/h4-10,19,22H,2-3,11-18,20-21H2,1H3. The Hall–Kier alpha value is -3.03. The highest BCUT2D eigenvalue weighted by Gasteiger charge is 2.18. The van der Waals surface area contributed by atoms with Crippen LogP contribution in [0.15, 0.2) is 59.2 Å². The van der Waals surface area contributed by atoms with Crippen molar-refractivity contribution < 1.29 is 13.9 Å². The Balaban J connectivity index is 1.30. The number of methoxy groups -OCH3 is 1. The van der Waals surface area contributed by atoms with E-state index in [2.05, 4.69) is 51.1 Å². The third-order valence-electron chi connectivity index (χ3n) is 6.89. The van der Waals surface area contributed by atoms with E-state index in [9.17, 15) is 0 Å². The van der Waals surface area contributed by atoms with Crippen LogP contribution in [0.25, 0.3) is 0 Å². The molecule has 7 heteroatoms. The topological polar surface area (TPSA) is 54.2 Å². The third-order valence-corrected chi connectivity index (χ3v) is 6.89. The summed E-state index contributed by atoms with van der Waals surface area (Å²) in [6.45, 7) is 8.30. The normalized spacial score (nSPS) is 16.5. The second-order valence-electron chi connectivity index (χ2n) is 9.39. The molecule has 186 valence electrons. The van der Waals surface area contributed by atoms with Gasteiger partial charge in [-0.2, -0.15) is 4.98 Å². The molecule has 0 saturated carbocycles. The highest BCUT2D eigenvalue weighted by atomic mass is 16.5. The zero-order valence-corrected chi connectivity index (χ0v) is 20.7. The van der Waals surface area contributed by atoms with E-state index >= 15 is 0 Å². The Morgan fingerprint density at radius 3 is 2.49 bits per heavy atom. The van der Waals surface area contributed by atoms with E-state index < -0.39 is 0 Å². The van der Waals surface area contributed by atoms with E-state index in [1.165, 1.54) is 24.1 Å². The minimum atomic E-state index is 0.661. The lowest BCUT2D eigenvalue weighted by atomic mass is 10.1. The molecular weight excluding hydrogens is 440 g/mol. The Labute approximate surface area is 208 Å². The molecule has 0 radical (unpaired) electrons. The Bertz CT molecular complexity index is 1060. The summed E-state index contributed by atoms with van der Waals surface area (Å²) in [5, 5.41) is 0. The van der Waals surface area contributed by atoms with Crippen LogP contribution in [0.5, 0.6) is 5.75 Å². The first-order valence-corrected chi connectivity index (χ1v) is 12.7. The molecule has 2 aliphatic rings. The number of hydrogen-bond acceptors (Lipinski definition) is 7. The molecule has 3 heterocycles. The van der Waals surface area contributed by atoms with E-state index in [1.807, 2.05) is 18.4 Å². The first-order chi connectivity index (χ1) is 17.3. The summed E-state index contributed by atoms with van der Waals surface area (Å²) >= 11 is 0. The van der Waals surface area contributed by atoms with Crippen LogP contribution in [0.3, 0.4) is 0 Å². The van der Waals surface area contributed by atoms with Crippen molar-refractivity contribution in [2.75, 3.05) is 62.8 Å². The van der Waals surface area contributed by atoms with Crippen LogP contribution in [0.4, 0.5) is 11.7 Å². The first-order valence-electron chi connectivity index (χ1n) is 12.7.